The lowest BCUT2D eigenvalue weighted by molar-refractivity contribution is -0.143. The summed E-state index contributed by atoms with van der Waals surface area (Å²) in [5.74, 6) is -0.0801. The summed E-state index contributed by atoms with van der Waals surface area (Å²) in [6.45, 7) is 4.91. The summed E-state index contributed by atoms with van der Waals surface area (Å²) in [6, 6.07) is -0.559. The van der Waals surface area contributed by atoms with Gasteiger partial charge in [-0.3, -0.25) is 9.59 Å². The van der Waals surface area contributed by atoms with Crippen molar-refractivity contribution in [2.24, 2.45) is 0 Å². The van der Waals surface area contributed by atoms with Crippen LogP contribution in [0.25, 0.3) is 0 Å². The van der Waals surface area contributed by atoms with Gasteiger partial charge in [0.25, 0.3) is 0 Å². The number of aliphatic hydroxyl groups excluding tert-OH is 2. The highest BCUT2D eigenvalue weighted by molar-refractivity contribution is 5.76. The highest BCUT2D eigenvalue weighted by Gasteiger charge is 2.20. The molecule has 0 radical (unpaired) electrons. The third-order valence-electron chi connectivity index (χ3n) is 12.4. The number of carbonyl (C=O) groups is 2. The zero-order valence-electron chi connectivity index (χ0n) is 39.3. The standard InChI is InChI=1S/C52H103NO5/c1-3-5-7-9-11-13-15-17-19-21-23-25-28-32-36-40-44-50(55)49(48-54)53-51(56)45-41-37-33-29-27-31-35-39-43-47-58-52(57)46-42-38-34-30-26-24-22-20-18-16-14-12-10-8-6-4-2/h49-50,54-55H,3-48H2,1-2H3,(H,53,56). The van der Waals surface area contributed by atoms with E-state index >= 15 is 0 Å². The Bertz CT molecular complexity index is 822. The van der Waals surface area contributed by atoms with Gasteiger partial charge in [0.2, 0.25) is 5.91 Å². The van der Waals surface area contributed by atoms with Gasteiger partial charge in [0.15, 0.2) is 0 Å². The Morgan fingerprint density at radius 1 is 0.414 bits per heavy atom. The van der Waals surface area contributed by atoms with E-state index in [4.69, 9.17) is 4.74 Å². The molecule has 0 spiro atoms. The van der Waals surface area contributed by atoms with Crippen LogP contribution < -0.4 is 5.32 Å². The molecule has 0 aliphatic carbocycles. The molecule has 0 saturated carbocycles. The van der Waals surface area contributed by atoms with Gasteiger partial charge < -0.3 is 20.3 Å². The van der Waals surface area contributed by atoms with E-state index in [-0.39, 0.29) is 18.5 Å². The molecule has 0 heterocycles. The fraction of sp³-hybridized carbons (Fsp3) is 0.962. The summed E-state index contributed by atoms with van der Waals surface area (Å²) in [5.41, 5.74) is 0. The van der Waals surface area contributed by atoms with Gasteiger partial charge in [-0.2, -0.15) is 0 Å². The first-order valence-electron chi connectivity index (χ1n) is 26.3. The van der Waals surface area contributed by atoms with Crippen molar-refractivity contribution in [1.29, 1.82) is 0 Å². The molecular weight excluding hydrogens is 719 g/mol. The van der Waals surface area contributed by atoms with Crippen LogP contribution in [0.1, 0.15) is 296 Å². The second-order valence-corrected chi connectivity index (χ2v) is 18.2. The summed E-state index contributed by atoms with van der Waals surface area (Å²) < 4.78 is 5.46. The maximum Gasteiger partial charge on any atom is 0.305 e. The number of unbranched alkanes of at least 4 members (excludes halogenated alkanes) is 38. The third-order valence-corrected chi connectivity index (χ3v) is 12.4. The molecule has 346 valence electrons. The lowest BCUT2D eigenvalue weighted by atomic mass is 10.0. The first-order valence-corrected chi connectivity index (χ1v) is 26.3. The van der Waals surface area contributed by atoms with Crippen LogP contribution in [-0.4, -0.2) is 47.4 Å². The zero-order valence-corrected chi connectivity index (χ0v) is 39.3. The second-order valence-electron chi connectivity index (χ2n) is 18.2. The number of aliphatic hydroxyl groups is 2. The Morgan fingerprint density at radius 3 is 1.05 bits per heavy atom. The van der Waals surface area contributed by atoms with Crippen molar-refractivity contribution in [3.63, 3.8) is 0 Å². The largest absolute Gasteiger partial charge is 0.466 e. The number of ether oxygens (including phenoxy) is 1. The van der Waals surface area contributed by atoms with Crippen LogP contribution in [0.4, 0.5) is 0 Å². The Labute approximate surface area is 362 Å². The third kappa shape index (κ3) is 44.4. The van der Waals surface area contributed by atoms with Crippen molar-refractivity contribution in [2.45, 2.75) is 309 Å². The van der Waals surface area contributed by atoms with E-state index in [1.54, 1.807) is 0 Å². The van der Waals surface area contributed by atoms with Crippen LogP contribution >= 0.6 is 0 Å². The summed E-state index contributed by atoms with van der Waals surface area (Å²) in [4.78, 5) is 24.5. The SMILES string of the molecule is CCCCCCCCCCCCCCCCCCC(=O)OCCCCCCCCCCCC(=O)NC(CO)C(O)CCCCCCCCCCCCCCCCCC. The Hall–Kier alpha value is -1.14. The normalized spacial score (nSPS) is 12.6. The smallest absolute Gasteiger partial charge is 0.305 e. The average molecular weight is 822 g/mol. The summed E-state index contributed by atoms with van der Waals surface area (Å²) in [6.07, 6.45) is 53.5. The van der Waals surface area contributed by atoms with E-state index in [9.17, 15) is 19.8 Å². The monoisotopic (exact) mass is 822 g/mol. The molecule has 58 heavy (non-hydrogen) atoms. The van der Waals surface area contributed by atoms with Crippen molar-refractivity contribution in [3.8, 4) is 0 Å². The van der Waals surface area contributed by atoms with Gasteiger partial charge in [-0.15, -0.1) is 0 Å². The van der Waals surface area contributed by atoms with Gasteiger partial charge in [0.1, 0.15) is 0 Å². The first-order chi connectivity index (χ1) is 28.5. The quantitative estimate of drug-likeness (QED) is 0.0420. The van der Waals surface area contributed by atoms with Crippen molar-refractivity contribution < 1.29 is 24.5 Å². The highest BCUT2D eigenvalue weighted by atomic mass is 16.5. The molecule has 0 rings (SSSR count). The number of hydrogen-bond donors (Lipinski definition) is 3. The van der Waals surface area contributed by atoms with Crippen molar-refractivity contribution in [3.05, 3.63) is 0 Å². The predicted molar refractivity (Wildman–Crippen MR) is 250 cm³/mol. The number of nitrogens with one attached hydrogen (secondary N) is 1. The lowest BCUT2D eigenvalue weighted by Crippen LogP contribution is -2.45. The number of esters is 1. The first kappa shape index (κ1) is 56.9. The van der Waals surface area contributed by atoms with Crippen LogP contribution in [-0.2, 0) is 14.3 Å². The maximum absolute atomic E-state index is 12.4. The van der Waals surface area contributed by atoms with Crippen LogP contribution in [0.15, 0.2) is 0 Å². The second kappa shape index (κ2) is 48.5. The maximum atomic E-state index is 12.4. The number of amides is 1. The van der Waals surface area contributed by atoms with Gasteiger partial charge in [0, 0.05) is 12.8 Å². The van der Waals surface area contributed by atoms with Gasteiger partial charge in [-0.05, 0) is 25.7 Å². The van der Waals surface area contributed by atoms with Gasteiger partial charge in [0.05, 0.1) is 25.4 Å². The van der Waals surface area contributed by atoms with Gasteiger partial charge in [-0.25, -0.2) is 0 Å². The number of rotatable bonds is 49. The number of hydrogen-bond acceptors (Lipinski definition) is 5. The zero-order chi connectivity index (χ0) is 42.3. The lowest BCUT2D eigenvalue weighted by Gasteiger charge is -2.22. The molecule has 0 aliphatic heterocycles. The highest BCUT2D eigenvalue weighted by Crippen LogP contribution is 2.17. The Kier molecular flexibility index (Phi) is 47.6. The minimum atomic E-state index is -0.679. The van der Waals surface area contributed by atoms with E-state index in [0.29, 0.717) is 25.9 Å². The Balaban J connectivity index is 3.46. The summed E-state index contributed by atoms with van der Waals surface area (Å²) >= 11 is 0. The Morgan fingerprint density at radius 2 is 0.707 bits per heavy atom. The molecule has 0 aromatic heterocycles. The van der Waals surface area contributed by atoms with Crippen molar-refractivity contribution >= 4 is 11.9 Å². The molecule has 0 aromatic carbocycles. The van der Waals surface area contributed by atoms with E-state index in [2.05, 4.69) is 19.2 Å². The molecule has 6 heteroatoms. The number of carbonyl (C=O) groups excluding carboxylic acids is 2. The minimum Gasteiger partial charge on any atom is -0.466 e. The molecule has 2 unspecified atom stereocenters. The fourth-order valence-electron chi connectivity index (χ4n) is 8.35. The van der Waals surface area contributed by atoms with E-state index in [1.807, 2.05) is 0 Å². The molecular formula is C52H103NO5. The molecule has 3 N–H and O–H groups in total. The molecule has 0 bridgehead atoms. The van der Waals surface area contributed by atoms with Crippen molar-refractivity contribution in [2.75, 3.05) is 13.2 Å². The van der Waals surface area contributed by atoms with E-state index < -0.39 is 12.1 Å². The van der Waals surface area contributed by atoms with Crippen LogP contribution in [0, 0.1) is 0 Å². The molecule has 0 fully saturated rings. The van der Waals surface area contributed by atoms with E-state index in [1.165, 1.54) is 205 Å². The summed E-state index contributed by atoms with van der Waals surface area (Å²) in [5, 5.41) is 23.2. The molecule has 0 saturated heterocycles. The van der Waals surface area contributed by atoms with Crippen LogP contribution in [0.2, 0.25) is 0 Å². The van der Waals surface area contributed by atoms with Crippen molar-refractivity contribution in [1.82, 2.24) is 5.32 Å². The molecule has 0 aliphatic rings. The van der Waals surface area contributed by atoms with Gasteiger partial charge >= 0.3 is 5.97 Å². The minimum absolute atomic E-state index is 0.0207. The van der Waals surface area contributed by atoms with Crippen LogP contribution in [0.5, 0.6) is 0 Å². The van der Waals surface area contributed by atoms with Gasteiger partial charge in [-0.1, -0.05) is 258 Å². The fourth-order valence-corrected chi connectivity index (χ4v) is 8.35. The van der Waals surface area contributed by atoms with E-state index in [0.717, 1.165) is 57.8 Å². The molecule has 2 atom stereocenters. The predicted octanol–water partition coefficient (Wildman–Crippen LogP) is 15.6. The topological polar surface area (TPSA) is 95.9 Å². The average Bonchev–Trinajstić information content (AvgIpc) is 3.22. The van der Waals surface area contributed by atoms with Crippen LogP contribution in [0.3, 0.4) is 0 Å². The molecule has 0 aromatic rings. The molecule has 1 amide bonds. The summed E-state index contributed by atoms with van der Waals surface area (Å²) in [7, 11) is 0. The molecule has 6 nitrogen and oxygen atoms in total.